The highest BCUT2D eigenvalue weighted by atomic mass is 79.9. The van der Waals surface area contributed by atoms with E-state index in [1.54, 1.807) is 7.11 Å². The van der Waals surface area contributed by atoms with Crippen molar-refractivity contribution in [1.29, 1.82) is 0 Å². The summed E-state index contributed by atoms with van der Waals surface area (Å²) in [5.74, 6) is 0. The van der Waals surface area contributed by atoms with Gasteiger partial charge in [0.1, 0.15) is 0 Å². The van der Waals surface area contributed by atoms with Crippen LogP contribution in [-0.2, 0) is 4.74 Å². The van der Waals surface area contributed by atoms with E-state index in [4.69, 9.17) is 22.1 Å². The summed E-state index contributed by atoms with van der Waals surface area (Å²) < 4.78 is 6.07. The van der Waals surface area contributed by atoms with E-state index < -0.39 is 0 Å². The Morgan fingerprint density at radius 1 is 1.42 bits per heavy atom. The molecule has 0 aliphatic rings. The maximum atomic E-state index is 6.22. The van der Waals surface area contributed by atoms with E-state index in [0.717, 1.165) is 47.7 Å². The SMILES string of the molecule is CCN(CCOC)CCC(N)c1ccc(Br)cc1Cl. The van der Waals surface area contributed by atoms with Gasteiger partial charge in [0.25, 0.3) is 0 Å². The quantitative estimate of drug-likeness (QED) is 0.781. The van der Waals surface area contributed by atoms with Gasteiger partial charge in [-0.3, -0.25) is 0 Å². The maximum absolute atomic E-state index is 6.22. The first-order chi connectivity index (χ1) is 9.08. The summed E-state index contributed by atoms with van der Waals surface area (Å²) in [4.78, 5) is 2.33. The molecule has 0 bridgehead atoms. The van der Waals surface area contributed by atoms with Crippen molar-refractivity contribution in [2.24, 2.45) is 5.73 Å². The molecule has 108 valence electrons. The van der Waals surface area contributed by atoms with Gasteiger partial charge in [0.2, 0.25) is 0 Å². The average Bonchev–Trinajstić information content (AvgIpc) is 2.38. The van der Waals surface area contributed by atoms with Crippen LogP contribution in [0.5, 0.6) is 0 Å². The van der Waals surface area contributed by atoms with Gasteiger partial charge in [-0.1, -0.05) is 40.5 Å². The summed E-state index contributed by atoms with van der Waals surface area (Å²) in [6.45, 7) is 5.79. The van der Waals surface area contributed by atoms with Crippen LogP contribution in [0.1, 0.15) is 24.9 Å². The number of halogens is 2. The lowest BCUT2D eigenvalue weighted by atomic mass is 10.0. The number of methoxy groups -OCH3 is 1. The molecule has 5 heteroatoms. The second-order valence-electron chi connectivity index (χ2n) is 4.49. The summed E-state index contributed by atoms with van der Waals surface area (Å²) in [5.41, 5.74) is 7.23. The Kier molecular flexibility index (Phi) is 7.95. The number of hydrogen-bond acceptors (Lipinski definition) is 3. The Hall–Kier alpha value is -0.130. The largest absolute Gasteiger partial charge is 0.383 e. The number of likely N-dealkylation sites (N-methyl/N-ethyl adjacent to an activating group) is 1. The van der Waals surface area contributed by atoms with Crippen molar-refractivity contribution < 1.29 is 4.74 Å². The molecule has 0 radical (unpaired) electrons. The molecular weight excluding hydrogens is 328 g/mol. The Morgan fingerprint density at radius 2 is 2.16 bits per heavy atom. The second-order valence-corrected chi connectivity index (χ2v) is 5.81. The van der Waals surface area contributed by atoms with Crippen LogP contribution in [0.15, 0.2) is 22.7 Å². The third kappa shape index (κ3) is 5.79. The standard InChI is InChI=1S/C14H22BrClN2O/c1-3-18(8-9-19-2)7-6-14(17)12-5-4-11(15)10-13(12)16/h4-5,10,14H,3,6-9,17H2,1-2H3. The average molecular weight is 350 g/mol. The van der Waals surface area contributed by atoms with Crippen molar-refractivity contribution in [3.05, 3.63) is 33.3 Å². The van der Waals surface area contributed by atoms with Gasteiger partial charge < -0.3 is 15.4 Å². The number of hydrogen-bond donors (Lipinski definition) is 1. The summed E-state index contributed by atoms with van der Waals surface area (Å²) >= 11 is 9.61. The molecule has 0 heterocycles. The second kappa shape index (κ2) is 8.93. The summed E-state index contributed by atoms with van der Waals surface area (Å²) in [6, 6.07) is 5.82. The number of rotatable bonds is 8. The smallest absolute Gasteiger partial charge is 0.0589 e. The zero-order valence-electron chi connectivity index (χ0n) is 11.5. The van der Waals surface area contributed by atoms with Crippen LogP contribution >= 0.6 is 27.5 Å². The minimum absolute atomic E-state index is 0.0304. The zero-order valence-corrected chi connectivity index (χ0v) is 13.9. The number of benzene rings is 1. The van der Waals surface area contributed by atoms with Crippen LogP contribution in [0.4, 0.5) is 0 Å². The minimum Gasteiger partial charge on any atom is -0.383 e. The van der Waals surface area contributed by atoms with Crippen molar-refractivity contribution in [1.82, 2.24) is 4.90 Å². The lowest BCUT2D eigenvalue weighted by molar-refractivity contribution is 0.149. The normalized spacial score (nSPS) is 12.9. The first-order valence-corrected chi connectivity index (χ1v) is 7.67. The Balaban J connectivity index is 2.51. The molecule has 0 aliphatic heterocycles. The predicted molar refractivity (Wildman–Crippen MR) is 84.7 cm³/mol. The van der Waals surface area contributed by atoms with E-state index in [2.05, 4.69) is 27.8 Å². The molecule has 1 atom stereocenters. The number of ether oxygens (including phenoxy) is 1. The molecule has 0 fully saturated rings. The van der Waals surface area contributed by atoms with Gasteiger partial charge in [0.15, 0.2) is 0 Å². The maximum Gasteiger partial charge on any atom is 0.0589 e. The monoisotopic (exact) mass is 348 g/mol. The highest BCUT2D eigenvalue weighted by Crippen LogP contribution is 2.26. The zero-order chi connectivity index (χ0) is 14.3. The molecule has 3 nitrogen and oxygen atoms in total. The molecule has 0 aromatic heterocycles. The van der Waals surface area contributed by atoms with Crippen molar-refractivity contribution >= 4 is 27.5 Å². The van der Waals surface area contributed by atoms with Crippen molar-refractivity contribution in [3.8, 4) is 0 Å². The lowest BCUT2D eigenvalue weighted by Crippen LogP contribution is -2.30. The molecule has 0 spiro atoms. The van der Waals surface area contributed by atoms with Gasteiger partial charge >= 0.3 is 0 Å². The van der Waals surface area contributed by atoms with E-state index in [1.165, 1.54) is 0 Å². The van der Waals surface area contributed by atoms with E-state index in [9.17, 15) is 0 Å². The van der Waals surface area contributed by atoms with E-state index in [1.807, 2.05) is 18.2 Å². The molecule has 2 N–H and O–H groups in total. The lowest BCUT2D eigenvalue weighted by Gasteiger charge is -2.22. The fourth-order valence-electron chi connectivity index (χ4n) is 1.93. The van der Waals surface area contributed by atoms with Crippen molar-refractivity contribution in [2.45, 2.75) is 19.4 Å². The molecule has 0 saturated carbocycles. The highest BCUT2D eigenvalue weighted by molar-refractivity contribution is 9.10. The van der Waals surface area contributed by atoms with E-state index in [0.29, 0.717) is 0 Å². The predicted octanol–water partition coefficient (Wildman–Crippen LogP) is 3.46. The molecule has 19 heavy (non-hydrogen) atoms. The third-order valence-corrected chi connectivity index (χ3v) is 4.00. The van der Waals surface area contributed by atoms with Gasteiger partial charge in [0, 0.05) is 35.7 Å². The fraction of sp³-hybridized carbons (Fsp3) is 0.571. The number of nitrogens with zero attached hydrogens (tertiary/aromatic N) is 1. The van der Waals surface area contributed by atoms with Crippen LogP contribution in [0.25, 0.3) is 0 Å². The van der Waals surface area contributed by atoms with Gasteiger partial charge in [-0.15, -0.1) is 0 Å². The van der Waals surface area contributed by atoms with Crippen LogP contribution < -0.4 is 5.73 Å². The highest BCUT2D eigenvalue weighted by Gasteiger charge is 2.12. The summed E-state index contributed by atoms with van der Waals surface area (Å²) in [5, 5.41) is 0.724. The van der Waals surface area contributed by atoms with Crippen LogP contribution in [0.3, 0.4) is 0 Å². The topological polar surface area (TPSA) is 38.5 Å². The Morgan fingerprint density at radius 3 is 2.74 bits per heavy atom. The molecule has 1 aromatic rings. The van der Waals surface area contributed by atoms with Gasteiger partial charge in [-0.25, -0.2) is 0 Å². The van der Waals surface area contributed by atoms with Crippen LogP contribution in [0, 0.1) is 0 Å². The first kappa shape index (κ1) is 16.9. The van der Waals surface area contributed by atoms with Gasteiger partial charge in [-0.05, 0) is 30.7 Å². The Bertz CT molecular complexity index is 390. The Labute approximate surface area is 129 Å². The van der Waals surface area contributed by atoms with Gasteiger partial charge in [0.05, 0.1) is 6.61 Å². The molecule has 1 unspecified atom stereocenters. The molecular formula is C14H22BrClN2O. The first-order valence-electron chi connectivity index (χ1n) is 6.50. The molecule has 0 aliphatic carbocycles. The minimum atomic E-state index is -0.0304. The molecule has 1 aromatic carbocycles. The molecule has 1 rings (SSSR count). The third-order valence-electron chi connectivity index (χ3n) is 3.18. The van der Waals surface area contributed by atoms with Crippen LogP contribution in [-0.4, -0.2) is 38.3 Å². The van der Waals surface area contributed by atoms with Gasteiger partial charge in [-0.2, -0.15) is 0 Å². The number of nitrogens with two attached hydrogens (primary N) is 1. The fourth-order valence-corrected chi connectivity index (χ4v) is 2.74. The van der Waals surface area contributed by atoms with Crippen LogP contribution in [0.2, 0.25) is 5.02 Å². The summed E-state index contributed by atoms with van der Waals surface area (Å²) in [6.07, 6.45) is 0.888. The van der Waals surface area contributed by atoms with E-state index >= 15 is 0 Å². The molecule has 0 saturated heterocycles. The van der Waals surface area contributed by atoms with E-state index in [-0.39, 0.29) is 6.04 Å². The molecule has 0 amide bonds. The van der Waals surface area contributed by atoms with Crippen molar-refractivity contribution in [3.63, 3.8) is 0 Å². The summed E-state index contributed by atoms with van der Waals surface area (Å²) in [7, 11) is 1.72. The van der Waals surface area contributed by atoms with Crippen molar-refractivity contribution in [2.75, 3.05) is 33.4 Å².